The highest BCUT2D eigenvalue weighted by molar-refractivity contribution is 7.96. The third kappa shape index (κ3) is 3.98. The van der Waals surface area contributed by atoms with Gasteiger partial charge < -0.3 is 4.55 Å². The molecule has 6 nitrogen and oxygen atoms in total. The monoisotopic (exact) mass is 250 g/mol. The highest BCUT2D eigenvalue weighted by Crippen LogP contribution is 2.05. The summed E-state index contributed by atoms with van der Waals surface area (Å²) in [6.07, 6.45) is 0. The van der Waals surface area contributed by atoms with Crippen LogP contribution in [0, 0.1) is 0 Å². The number of nitrogens with two attached hydrogens (primary N) is 1. The van der Waals surface area contributed by atoms with Gasteiger partial charge in [-0.2, -0.15) is 4.72 Å². The summed E-state index contributed by atoms with van der Waals surface area (Å²) in [5, 5.41) is 4.72. The number of hydrogen-bond donors (Lipinski definition) is 3. The van der Waals surface area contributed by atoms with Gasteiger partial charge in [-0.25, -0.2) is 17.8 Å². The summed E-state index contributed by atoms with van der Waals surface area (Å²) in [5.41, 5.74) is 0.440. The predicted molar refractivity (Wildman–Crippen MR) is 57.8 cm³/mol. The Balaban J connectivity index is 3.02. The SMILES string of the molecule is NS(=O)(O)=CNS(=O)(=O)c1ccccc1. The largest absolute Gasteiger partial charge is 0.302 e. The molecule has 8 heteroatoms. The van der Waals surface area contributed by atoms with Crippen molar-refractivity contribution < 1.29 is 17.2 Å². The fraction of sp³-hybridized carbons (Fsp3) is 0. The first-order valence-electron chi connectivity index (χ1n) is 3.76. The van der Waals surface area contributed by atoms with Crippen LogP contribution in [0.25, 0.3) is 0 Å². The van der Waals surface area contributed by atoms with Gasteiger partial charge in [-0.1, -0.05) is 18.2 Å². The lowest BCUT2D eigenvalue weighted by atomic mass is 10.4. The minimum atomic E-state index is -3.82. The molecule has 1 aromatic carbocycles. The van der Waals surface area contributed by atoms with Gasteiger partial charge >= 0.3 is 0 Å². The first kappa shape index (κ1) is 12.1. The van der Waals surface area contributed by atoms with E-state index in [2.05, 4.69) is 0 Å². The molecule has 84 valence electrons. The van der Waals surface area contributed by atoms with Crippen molar-refractivity contribution in [3.05, 3.63) is 30.3 Å². The topological polar surface area (TPSA) is 109 Å². The molecular weight excluding hydrogens is 240 g/mol. The van der Waals surface area contributed by atoms with Gasteiger partial charge in [0.15, 0.2) is 9.99 Å². The van der Waals surface area contributed by atoms with Crippen LogP contribution in [0.15, 0.2) is 35.2 Å². The molecule has 0 aliphatic carbocycles. The van der Waals surface area contributed by atoms with Gasteiger partial charge in [0.05, 0.1) is 10.4 Å². The van der Waals surface area contributed by atoms with Crippen LogP contribution in [0.5, 0.6) is 0 Å². The van der Waals surface area contributed by atoms with Crippen molar-refractivity contribution in [1.82, 2.24) is 4.72 Å². The molecule has 0 aliphatic rings. The average molecular weight is 250 g/mol. The fourth-order valence-electron chi connectivity index (χ4n) is 0.800. The van der Waals surface area contributed by atoms with Gasteiger partial charge in [0.1, 0.15) is 0 Å². The van der Waals surface area contributed by atoms with E-state index in [9.17, 15) is 12.6 Å². The Labute approximate surface area is 88.1 Å². The highest BCUT2D eigenvalue weighted by atomic mass is 32.2. The Hall–Kier alpha value is -0.930. The van der Waals surface area contributed by atoms with Crippen molar-refractivity contribution in [2.45, 2.75) is 4.90 Å². The molecule has 1 atom stereocenters. The molecule has 0 radical (unpaired) electrons. The van der Waals surface area contributed by atoms with E-state index in [0.717, 1.165) is 0 Å². The Morgan fingerprint density at radius 3 is 2.20 bits per heavy atom. The summed E-state index contributed by atoms with van der Waals surface area (Å²) in [6.45, 7) is 0. The number of hydrogen-bond acceptors (Lipinski definition) is 3. The molecule has 1 rings (SSSR count). The standard InChI is InChI=1S/C7H10N2O4S2/c8-14(10,11)6-9-15(12,13)7-4-2-1-3-5-7/h1-6,9H,(H3,8,10,11). The molecule has 0 aromatic heterocycles. The van der Waals surface area contributed by atoms with E-state index in [1.165, 1.54) is 24.3 Å². The van der Waals surface area contributed by atoms with Crippen LogP contribution in [-0.2, 0) is 20.0 Å². The lowest BCUT2D eigenvalue weighted by Crippen LogP contribution is -2.28. The maximum Gasteiger partial charge on any atom is 0.244 e. The molecule has 0 fully saturated rings. The average Bonchev–Trinajstić information content (AvgIpc) is 2.16. The summed E-state index contributed by atoms with van der Waals surface area (Å²) in [7, 11) is -7.55. The third-order valence-corrected chi connectivity index (χ3v) is 3.35. The predicted octanol–water partition coefficient (Wildman–Crippen LogP) is -0.644. The van der Waals surface area contributed by atoms with Crippen molar-refractivity contribution in [2.75, 3.05) is 0 Å². The van der Waals surface area contributed by atoms with E-state index in [4.69, 9.17) is 9.69 Å². The summed E-state index contributed by atoms with van der Waals surface area (Å²) < 4.78 is 44.0. The molecule has 0 amide bonds. The molecular formula is C7H10N2O4S2. The molecule has 0 aliphatic heterocycles. The second kappa shape index (κ2) is 4.29. The van der Waals surface area contributed by atoms with Gasteiger partial charge in [-0.05, 0) is 12.1 Å². The molecule has 0 bridgehead atoms. The van der Waals surface area contributed by atoms with Crippen LogP contribution in [0.3, 0.4) is 0 Å². The second-order valence-electron chi connectivity index (χ2n) is 2.67. The van der Waals surface area contributed by atoms with Gasteiger partial charge in [-0.15, -0.1) is 0 Å². The van der Waals surface area contributed by atoms with E-state index in [1.807, 2.05) is 4.72 Å². The molecule has 0 heterocycles. The Morgan fingerprint density at radius 1 is 1.20 bits per heavy atom. The quantitative estimate of drug-likeness (QED) is 0.619. The van der Waals surface area contributed by atoms with Crippen LogP contribution in [0.4, 0.5) is 0 Å². The van der Waals surface area contributed by atoms with Gasteiger partial charge in [0.25, 0.3) is 0 Å². The minimum absolute atomic E-state index is 0.00935. The van der Waals surface area contributed by atoms with E-state index in [-0.39, 0.29) is 4.90 Å². The van der Waals surface area contributed by atoms with Gasteiger partial charge in [0.2, 0.25) is 10.0 Å². The molecule has 0 spiro atoms. The van der Waals surface area contributed by atoms with Crippen molar-refractivity contribution in [3.63, 3.8) is 0 Å². The van der Waals surface area contributed by atoms with Gasteiger partial charge in [-0.3, -0.25) is 0 Å². The third-order valence-electron chi connectivity index (χ3n) is 1.43. The van der Waals surface area contributed by atoms with E-state index in [0.29, 0.717) is 5.49 Å². The Bertz CT molecular complexity index is 536. The van der Waals surface area contributed by atoms with Crippen molar-refractivity contribution in [2.24, 2.45) is 5.14 Å². The van der Waals surface area contributed by atoms with Crippen LogP contribution >= 0.6 is 0 Å². The lowest BCUT2D eigenvalue weighted by Gasteiger charge is -2.02. The fourth-order valence-corrected chi connectivity index (χ4v) is 2.51. The highest BCUT2D eigenvalue weighted by Gasteiger charge is 2.11. The lowest BCUT2D eigenvalue weighted by molar-refractivity contribution is 0.560. The summed E-state index contributed by atoms with van der Waals surface area (Å²) in [6, 6.07) is 7.43. The Kier molecular flexibility index (Phi) is 3.47. The smallest absolute Gasteiger partial charge is 0.244 e. The zero-order chi connectivity index (χ0) is 11.5. The first-order valence-corrected chi connectivity index (χ1v) is 6.89. The van der Waals surface area contributed by atoms with Crippen molar-refractivity contribution in [3.8, 4) is 0 Å². The number of rotatable bonds is 3. The van der Waals surface area contributed by atoms with E-state index < -0.39 is 20.0 Å². The zero-order valence-corrected chi connectivity index (χ0v) is 9.16. The molecule has 1 aromatic rings. The molecule has 0 saturated heterocycles. The van der Waals surface area contributed by atoms with Crippen LogP contribution in [-0.4, -0.2) is 22.7 Å². The molecule has 0 saturated carbocycles. The zero-order valence-electron chi connectivity index (χ0n) is 7.53. The van der Waals surface area contributed by atoms with Gasteiger partial charge in [0, 0.05) is 0 Å². The Morgan fingerprint density at radius 2 is 1.73 bits per heavy atom. The molecule has 1 unspecified atom stereocenters. The van der Waals surface area contributed by atoms with Crippen LogP contribution < -0.4 is 9.86 Å². The van der Waals surface area contributed by atoms with Crippen molar-refractivity contribution in [1.29, 1.82) is 0 Å². The second-order valence-corrected chi connectivity index (χ2v) is 5.84. The van der Waals surface area contributed by atoms with Crippen molar-refractivity contribution >= 4 is 25.5 Å². The van der Waals surface area contributed by atoms with E-state index >= 15 is 0 Å². The number of nitrogens with one attached hydrogen (secondary N) is 1. The normalized spacial score (nSPS) is 15.6. The maximum absolute atomic E-state index is 11.4. The van der Waals surface area contributed by atoms with E-state index in [1.54, 1.807) is 6.07 Å². The first-order chi connectivity index (χ1) is 6.81. The minimum Gasteiger partial charge on any atom is -0.302 e. The summed E-state index contributed by atoms with van der Waals surface area (Å²) in [5.74, 6) is 0. The maximum atomic E-state index is 11.4. The number of benzene rings is 1. The number of sulfonamides is 1. The molecule has 4 N–H and O–H groups in total. The summed E-state index contributed by atoms with van der Waals surface area (Å²) in [4.78, 5) is -0.00935. The summed E-state index contributed by atoms with van der Waals surface area (Å²) >= 11 is 0. The van der Waals surface area contributed by atoms with Crippen LogP contribution in [0.1, 0.15) is 0 Å². The molecule has 15 heavy (non-hydrogen) atoms. The van der Waals surface area contributed by atoms with Crippen LogP contribution in [0.2, 0.25) is 0 Å².